The molecule has 0 bridgehead atoms. The highest BCUT2D eigenvalue weighted by molar-refractivity contribution is 7.20. The summed E-state index contributed by atoms with van der Waals surface area (Å²) in [7, 11) is 1.51. The van der Waals surface area contributed by atoms with Crippen LogP contribution in [0.15, 0.2) is 24.4 Å². The number of nitrogens with zero attached hydrogens (tertiary/aromatic N) is 4. The maximum atomic E-state index is 13.5. The van der Waals surface area contributed by atoms with Gasteiger partial charge >= 0.3 is 0 Å². The average molecular weight is 362 g/mol. The second kappa shape index (κ2) is 6.27. The molecule has 2 unspecified atom stereocenters. The number of β-amino-alcohol motifs (C(OH)–C–C–N with tert-alkyl or cyclic N) is 1. The number of rotatable bonds is 3. The van der Waals surface area contributed by atoms with E-state index in [2.05, 4.69) is 21.9 Å². The van der Waals surface area contributed by atoms with Gasteiger partial charge in [-0.2, -0.15) is 0 Å². The smallest absolute Gasteiger partial charge is 0.214 e. The fourth-order valence-corrected chi connectivity index (χ4v) is 4.01. The van der Waals surface area contributed by atoms with Gasteiger partial charge < -0.3 is 14.7 Å². The number of piperidine rings is 1. The van der Waals surface area contributed by atoms with E-state index in [0.717, 1.165) is 34.3 Å². The van der Waals surface area contributed by atoms with Crippen molar-refractivity contribution in [3.8, 4) is 17.0 Å². The van der Waals surface area contributed by atoms with Gasteiger partial charge in [0, 0.05) is 24.7 Å². The third-order valence-corrected chi connectivity index (χ3v) is 5.69. The highest BCUT2D eigenvalue weighted by Crippen LogP contribution is 2.34. The summed E-state index contributed by atoms with van der Waals surface area (Å²) in [5, 5.41) is 15.6. The minimum absolute atomic E-state index is 0.305. The summed E-state index contributed by atoms with van der Waals surface area (Å²) in [4.78, 5) is 7.27. The maximum absolute atomic E-state index is 13.5. The minimum Gasteiger partial charge on any atom is -0.496 e. The van der Waals surface area contributed by atoms with Crippen molar-refractivity contribution in [1.82, 2.24) is 14.6 Å². The van der Waals surface area contributed by atoms with E-state index in [-0.39, 0.29) is 11.9 Å². The predicted octanol–water partition coefficient (Wildman–Crippen LogP) is 2.81. The molecular formula is C17H19FN4O2S. The SMILES string of the molecule is COc1cc(F)ccc1-c1cnc2sc(N3CCC(C)C(O)C3)nn12. The summed E-state index contributed by atoms with van der Waals surface area (Å²) >= 11 is 1.48. The Morgan fingerprint density at radius 2 is 2.24 bits per heavy atom. The van der Waals surface area contributed by atoms with Gasteiger partial charge in [-0.1, -0.05) is 18.3 Å². The summed E-state index contributed by atoms with van der Waals surface area (Å²) in [6.07, 6.45) is 2.30. The molecule has 0 saturated carbocycles. The molecule has 0 spiro atoms. The molecule has 3 heterocycles. The number of benzene rings is 1. The van der Waals surface area contributed by atoms with Crippen LogP contribution in [0.1, 0.15) is 13.3 Å². The van der Waals surface area contributed by atoms with Crippen LogP contribution in [0.25, 0.3) is 16.2 Å². The fraction of sp³-hybridized carbons (Fsp3) is 0.412. The number of aromatic nitrogens is 3. The normalized spacial score (nSPS) is 21.0. The van der Waals surface area contributed by atoms with Crippen LogP contribution in [0.3, 0.4) is 0 Å². The number of aliphatic hydroxyl groups is 1. The van der Waals surface area contributed by atoms with Gasteiger partial charge in [-0.3, -0.25) is 0 Å². The molecule has 2 aromatic heterocycles. The van der Waals surface area contributed by atoms with Gasteiger partial charge in [0.1, 0.15) is 11.6 Å². The van der Waals surface area contributed by atoms with Crippen LogP contribution in [0.2, 0.25) is 0 Å². The summed E-state index contributed by atoms with van der Waals surface area (Å²) in [6, 6.07) is 4.42. The number of anilines is 1. The lowest BCUT2D eigenvalue weighted by Crippen LogP contribution is -2.42. The Labute approximate surface area is 148 Å². The summed E-state index contributed by atoms with van der Waals surface area (Å²) in [5.74, 6) is 0.398. The Balaban J connectivity index is 1.72. The summed E-state index contributed by atoms with van der Waals surface area (Å²) in [5.41, 5.74) is 1.49. The van der Waals surface area contributed by atoms with Gasteiger partial charge in [0.15, 0.2) is 0 Å². The van der Waals surface area contributed by atoms with E-state index < -0.39 is 0 Å². The van der Waals surface area contributed by atoms with Gasteiger partial charge in [0.05, 0.1) is 25.1 Å². The average Bonchev–Trinajstić information content (AvgIpc) is 3.18. The second-order valence-electron chi connectivity index (χ2n) is 6.35. The first kappa shape index (κ1) is 16.3. The van der Waals surface area contributed by atoms with Gasteiger partial charge in [-0.05, 0) is 24.5 Å². The standard InChI is InChI=1S/C17H19FN4O2S/c1-10-5-6-21(9-14(10)23)17-20-22-13(8-19-16(22)25-17)12-4-3-11(18)7-15(12)24-2/h3-4,7-8,10,14,23H,5-6,9H2,1-2H3. The van der Waals surface area contributed by atoms with Crippen LogP contribution in [-0.4, -0.2) is 46.0 Å². The lowest BCUT2D eigenvalue weighted by Gasteiger charge is -2.33. The number of ether oxygens (including phenoxy) is 1. The van der Waals surface area contributed by atoms with Crippen LogP contribution in [-0.2, 0) is 0 Å². The van der Waals surface area contributed by atoms with Crippen molar-refractivity contribution in [1.29, 1.82) is 0 Å². The lowest BCUT2D eigenvalue weighted by molar-refractivity contribution is 0.103. The van der Waals surface area contributed by atoms with Crippen molar-refractivity contribution < 1.29 is 14.2 Å². The van der Waals surface area contributed by atoms with Gasteiger partial charge in [0.2, 0.25) is 10.1 Å². The second-order valence-corrected chi connectivity index (χ2v) is 7.28. The molecule has 1 aliphatic heterocycles. The molecule has 2 atom stereocenters. The highest BCUT2D eigenvalue weighted by atomic mass is 32.1. The molecule has 0 radical (unpaired) electrons. The third kappa shape index (κ3) is 2.85. The number of fused-ring (bicyclic) bond motifs is 1. The van der Waals surface area contributed by atoms with Crippen molar-refractivity contribution in [3.63, 3.8) is 0 Å². The molecule has 8 heteroatoms. The number of hydrogen-bond donors (Lipinski definition) is 1. The molecular weight excluding hydrogens is 343 g/mol. The van der Waals surface area contributed by atoms with Crippen LogP contribution in [0.4, 0.5) is 9.52 Å². The summed E-state index contributed by atoms with van der Waals surface area (Å²) in [6.45, 7) is 3.51. The zero-order valence-electron chi connectivity index (χ0n) is 14.0. The number of imidazole rings is 1. The fourth-order valence-electron chi connectivity index (χ4n) is 3.09. The van der Waals surface area contributed by atoms with E-state index in [1.54, 1.807) is 16.8 Å². The largest absolute Gasteiger partial charge is 0.496 e. The maximum Gasteiger partial charge on any atom is 0.214 e. The number of halogens is 1. The summed E-state index contributed by atoms with van der Waals surface area (Å²) < 4.78 is 20.5. The van der Waals surface area contributed by atoms with Gasteiger partial charge in [-0.25, -0.2) is 13.9 Å². The molecule has 0 amide bonds. The number of methoxy groups -OCH3 is 1. The topological polar surface area (TPSA) is 62.9 Å². The molecule has 1 aliphatic rings. The van der Waals surface area contributed by atoms with Crippen LogP contribution in [0.5, 0.6) is 5.75 Å². The Bertz CT molecular complexity index is 909. The first-order chi connectivity index (χ1) is 12.1. The third-order valence-electron chi connectivity index (χ3n) is 4.70. The Morgan fingerprint density at radius 1 is 1.40 bits per heavy atom. The minimum atomic E-state index is -0.350. The Morgan fingerprint density at radius 3 is 3.00 bits per heavy atom. The quantitative estimate of drug-likeness (QED) is 0.776. The Hall–Kier alpha value is -2.19. The first-order valence-corrected chi connectivity index (χ1v) is 9.00. The van der Waals surface area contributed by atoms with Crippen molar-refractivity contribution in [2.24, 2.45) is 5.92 Å². The van der Waals surface area contributed by atoms with Gasteiger partial charge in [-0.15, -0.1) is 5.10 Å². The molecule has 4 rings (SSSR count). The van der Waals surface area contributed by atoms with Crippen molar-refractivity contribution >= 4 is 21.4 Å². The van der Waals surface area contributed by atoms with E-state index in [9.17, 15) is 9.50 Å². The molecule has 0 aliphatic carbocycles. The van der Waals surface area contributed by atoms with E-state index in [1.165, 1.54) is 30.6 Å². The van der Waals surface area contributed by atoms with E-state index in [1.807, 2.05) is 0 Å². The molecule has 1 fully saturated rings. The van der Waals surface area contributed by atoms with E-state index in [0.29, 0.717) is 18.2 Å². The molecule has 6 nitrogen and oxygen atoms in total. The molecule has 3 aromatic rings. The Kier molecular flexibility index (Phi) is 4.09. The van der Waals surface area contributed by atoms with E-state index >= 15 is 0 Å². The van der Waals surface area contributed by atoms with E-state index in [4.69, 9.17) is 4.74 Å². The van der Waals surface area contributed by atoms with Crippen LogP contribution >= 0.6 is 11.3 Å². The van der Waals surface area contributed by atoms with Crippen molar-refractivity contribution in [3.05, 3.63) is 30.2 Å². The lowest BCUT2D eigenvalue weighted by atomic mass is 9.96. The molecule has 1 aromatic carbocycles. The molecule has 25 heavy (non-hydrogen) atoms. The van der Waals surface area contributed by atoms with Crippen molar-refractivity contribution in [2.45, 2.75) is 19.4 Å². The molecule has 1 N–H and O–H groups in total. The number of aliphatic hydroxyl groups excluding tert-OH is 1. The first-order valence-electron chi connectivity index (χ1n) is 8.18. The van der Waals surface area contributed by atoms with Crippen molar-refractivity contribution in [2.75, 3.05) is 25.1 Å². The highest BCUT2D eigenvalue weighted by Gasteiger charge is 2.27. The van der Waals surface area contributed by atoms with Gasteiger partial charge in [0.25, 0.3) is 0 Å². The zero-order chi connectivity index (χ0) is 17.6. The predicted molar refractivity (Wildman–Crippen MR) is 94.8 cm³/mol. The molecule has 1 saturated heterocycles. The monoisotopic (exact) mass is 362 g/mol. The van der Waals surface area contributed by atoms with Crippen LogP contribution in [0, 0.1) is 11.7 Å². The number of hydrogen-bond acceptors (Lipinski definition) is 6. The zero-order valence-corrected chi connectivity index (χ0v) is 14.8. The van der Waals surface area contributed by atoms with Crippen LogP contribution < -0.4 is 9.64 Å². The molecule has 132 valence electrons.